The van der Waals surface area contributed by atoms with Gasteiger partial charge in [-0.3, -0.25) is 9.25 Å². The minimum Gasteiger partial charge on any atom is -0.358 e. The molecule has 2 heterocycles. The van der Waals surface area contributed by atoms with Crippen molar-refractivity contribution in [3.05, 3.63) is 23.8 Å². The quantitative estimate of drug-likeness (QED) is 0.803. The molecule has 0 saturated heterocycles. The maximum absolute atomic E-state index is 4.37. The van der Waals surface area contributed by atoms with Gasteiger partial charge < -0.3 is 5.32 Å². The van der Waals surface area contributed by atoms with E-state index in [4.69, 9.17) is 0 Å². The topological polar surface area (TPSA) is 47.7 Å². The predicted molar refractivity (Wildman–Crippen MR) is 59.4 cm³/mol. The van der Waals surface area contributed by atoms with Gasteiger partial charge in [0.1, 0.15) is 0 Å². The Balaban J connectivity index is 2.57. The fourth-order valence-corrected chi connectivity index (χ4v) is 1.68. The normalized spacial score (nSPS) is 10.7. The molecule has 0 spiro atoms. The average Bonchev–Trinajstić information content (AvgIpc) is 2.69. The zero-order chi connectivity index (χ0) is 11.0. The second kappa shape index (κ2) is 3.42. The highest BCUT2D eigenvalue weighted by atomic mass is 15.3. The van der Waals surface area contributed by atoms with Crippen LogP contribution >= 0.6 is 0 Å². The lowest BCUT2D eigenvalue weighted by molar-refractivity contribution is 0.756. The van der Waals surface area contributed by atoms with Gasteiger partial charge in [-0.1, -0.05) is 0 Å². The van der Waals surface area contributed by atoms with E-state index < -0.39 is 0 Å². The summed E-state index contributed by atoms with van der Waals surface area (Å²) in [7, 11) is 3.78. The average molecular weight is 205 g/mol. The smallest absolute Gasteiger partial charge is 0.207 e. The first-order valence-electron chi connectivity index (χ1n) is 4.86. The largest absolute Gasteiger partial charge is 0.358 e. The Morgan fingerprint density at radius 2 is 2.00 bits per heavy atom. The van der Waals surface area contributed by atoms with Crippen LogP contribution in [0.4, 0.5) is 5.95 Å². The SMILES string of the molecule is CNc1nc(C)cn1-c1cn(C)nc1C. The summed E-state index contributed by atoms with van der Waals surface area (Å²) >= 11 is 0. The third-order valence-corrected chi connectivity index (χ3v) is 2.30. The van der Waals surface area contributed by atoms with Gasteiger partial charge in [0.05, 0.1) is 17.1 Å². The number of rotatable bonds is 2. The van der Waals surface area contributed by atoms with Gasteiger partial charge in [-0.15, -0.1) is 0 Å². The molecule has 2 aromatic rings. The highest BCUT2D eigenvalue weighted by molar-refractivity contribution is 5.44. The van der Waals surface area contributed by atoms with Gasteiger partial charge in [-0.2, -0.15) is 5.10 Å². The van der Waals surface area contributed by atoms with E-state index in [0.29, 0.717) is 0 Å². The Morgan fingerprint density at radius 3 is 2.53 bits per heavy atom. The van der Waals surface area contributed by atoms with E-state index in [2.05, 4.69) is 15.4 Å². The highest BCUT2D eigenvalue weighted by Gasteiger charge is 2.10. The van der Waals surface area contributed by atoms with Crippen molar-refractivity contribution in [1.82, 2.24) is 19.3 Å². The van der Waals surface area contributed by atoms with E-state index in [0.717, 1.165) is 23.0 Å². The van der Waals surface area contributed by atoms with Crippen molar-refractivity contribution in [3.63, 3.8) is 0 Å². The Morgan fingerprint density at radius 1 is 1.27 bits per heavy atom. The molecule has 0 atom stereocenters. The fourth-order valence-electron chi connectivity index (χ4n) is 1.68. The van der Waals surface area contributed by atoms with Gasteiger partial charge in [0.15, 0.2) is 0 Å². The van der Waals surface area contributed by atoms with Crippen LogP contribution in [0.25, 0.3) is 5.69 Å². The van der Waals surface area contributed by atoms with E-state index in [1.54, 1.807) is 4.68 Å². The van der Waals surface area contributed by atoms with Crippen LogP contribution in [-0.2, 0) is 7.05 Å². The number of imidazole rings is 1. The predicted octanol–water partition coefficient (Wildman–Crippen LogP) is 1.26. The van der Waals surface area contributed by atoms with Gasteiger partial charge >= 0.3 is 0 Å². The summed E-state index contributed by atoms with van der Waals surface area (Å²) < 4.78 is 3.82. The van der Waals surface area contributed by atoms with Crippen LogP contribution in [0.1, 0.15) is 11.4 Å². The minimum absolute atomic E-state index is 0.837. The van der Waals surface area contributed by atoms with Crippen LogP contribution in [0, 0.1) is 13.8 Å². The minimum atomic E-state index is 0.837. The molecule has 0 aromatic carbocycles. The molecular formula is C10H15N5. The van der Waals surface area contributed by atoms with Crippen molar-refractivity contribution >= 4 is 5.95 Å². The molecule has 0 aliphatic carbocycles. The number of aromatic nitrogens is 4. The second-order valence-electron chi connectivity index (χ2n) is 3.60. The molecule has 0 unspecified atom stereocenters. The van der Waals surface area contributed by atoms with Crippen molar-refractivity contribution in [1.29, 1.82) is 0 Å². The molecule has 0 aliphatic rings. The lowest BCUT2D eigenvalue weighted by atomic mass is 10.4. The van der Waals surface area contributed by atoms with Gasteiger partial charge in [0.2, 0.25) is 5.95 Å². The van der Waals surface area contributed by atoms with Gasteiger partial charge in [-0.05, 0) is 13.8 Å². The molecule has 0 aliphatic heterocycles. The number of anilines is 1. The van der Waals surface area contributed by atoms with Crippen LogP contribution in [0.5, 0.6) is 0 Å². The number of nitrogens with one attached hydrogen (secondary N) is 1. The van der Waals surface area contributed by atoms with Crippen molar-refractivity contribution in [3.8, 4) is 5.69 Å². The standard InChI is InChI=1S/C10H15N5/c1-7-5-15(10(11-3)12-7)9-6-14(4)13-8(9)2/h5-6H,1-4H3,(H,11,12). The monoisotopic (exact) mass is 205 g/mol. The van der Waals surface area contributed by atoms with Crippen LogP contribution in [0.3, 0.4) is 0 Å². The van der Waals surface area contributed by atoms with Crippen LogP contribution < -0.4 is 5.32 Å². The molecule has 0 radical (unpaired) electrons. The molecule has 15 heavy (non-hydrogen) atoms. The number of aryl methyl sites for hydroxylation is 3. The molecule has 5 nitrogen and oxygen atoms in total. The molecular weight excluding hydrogens is 190 g/mol. The van der Waals surface area contributed by atoms with E-state index in [-0.39, 0.29) is 0 Å². The van der Waals surface area contributed by atoms with Gasteiger partial charge in [0.25, 0.3) is 0 Å². The summed E-state index contributed by atoms with van der Waals surface area (Å²) in [6.07, 6.45) is 3.98. The van der Waals surface area contributed by atoms with E-state index in [9.17, 15) is 0 Å². The van der Waals surface area contributed by atoms with E-state index >= 15 is 0 Å². The Kier molecular flexibility index (Phi) is 2.22. The van der Waals surface area contributed by atoms with E-state index in [1.807, 2.05) is 44.9 Å². The highest BCUT2D eigenvalue weighted by Crippen LogP contribution is 2.18. The molecule has 0 saturated carbocycles. The summed E-state index contributed by atoms with van der Waals surface area (Å²) in [5, 5.41) is 7.38. The van der Waals surface area contributed by atoms with Crippen molar-refractivity contribution in [2.75, 3.05) is 12.4 Å². The first kappa shape index (κ1) is 9.76. The van der Waals surface area contributed by atoms with Gasteiger partial charge in [0, 0.05) is 26.5 Å². The molecule has 2 rings (SSSR count). The number of hydrogen-bond donors (Lipinski definition) is 1. The molecule has 5 heteroatoms. The molecule has 80 valence electrons. The first-order valence-corrected chi connectivity index (χ1v) is 4.86. The summed E-state index contributed by atoms with van der Waals surface area (Å²) in [4.78, 5) is 4.37. The first-order chi connectivity index (χ1) is 7.11. The second-order valence-corrected chi connectivity index (χ2v) is 3.60. The van der Waals surface area contributed by atoms with E-state index in [1.165, 1.54) is 0 Å². The van der Waals surface area contributed by atoms with Crippen LogP contribution in [0.2, 0.25) is 0 Å². The number of nitrogens with zero attached hydrogens (tertiary/aromatic N) is 4. The molecule has 2 aromatic heterocycles. The van der Waals surface area contributed by atoms with Crippen LogP contribution in [0.15, 0.2) is 12.4 Å². The molecule has 1 N–H and O–H groups in total. The lowest BCUT2D eigenvalue weighted by Gasteiger charge is -2.04. The molecule has 0 fully saturated rings. The third kappa shape index (κ3) is 1.60. The summed E-state index contributed by atoms with van der Waals surface area (Å²) in [6, 6.07) is 0. The van der Waals surface area contributed by atoms with Crippen molar-refractivity contribution in [2.45, 2.75) is 13.8 Å². The maximum atomic E-state index is 4.37. The summed E-state index contributed by atoms with van der Waals surface area (Å²) in [6.45, 7) is 3.97. The third-order valence-electron chi connectivity index (χ3n) is 2.30. The van der Waals surface area contributed by atoms with Crippen molar-refractivity contribution < 1.29 is 0 Å². The zero-order valence-corrected chi connectivity index (χ0v) is 9.44. The Hall–Kier alpha value is -1.78. The fraction of sp³-hybridized carbons (Fsp3) is 0.400. The molecule has 0 amide bonds. The zero-order valence-electron chi connectivity index (χ0n) is 9.44. The Bertz CT molecular complexity index is 480. The van der Waals surface area contributed by atoms with Gasteiger partial charge in [-0.25, -0.2) is 4.98 Å². The lowest BCUT2D eigenvalue weighted by Crippen LogP contribution is -2.00. The summed E-state index contributed by atoms with van der Waals surface area (Å²) in [5.41, 5.74) is 3.04. The maximum Gasteiger partial charge on any atom is 0.207 e. The van der Waals surface area contributed by atoms with Crippen LogP contribution in [-0.4, -0.2) is 26.4 Å². The summed E-state index contributed by atoms with van der Waals surface area (Å²) in [5.74, 6) is 0.837. The number of hydrogen-bond acceptors (Lipinski definition) is 3. The molecule has 0 bridgehead atoms. The van der Waals surface area contributed by atoms with Crippen molar-refractivity contribution in [2.24, 2.45) is 7.05 Å². The Labute approximate surface area is 88.7 Å².